The minimum Gasteiger partial charge on any atom is -0.484 e. The predicted molar refractivity (Wildman–Crippen MR) is 111 cm³/mol. The fourth-order valence-electron chi connectivity index (χ4n) is 2.68. The number of amides is 2. The van der Waals surface area contributed by atoms with E-state index in [2.05, 4.69) is 5.32 Å². The smallest absolute Gasteiger partial charge is 0.261 e. The van der Waals surface area contributed by atoms with Crippen LogP contribution in [-0.2, 0) is 16.1 Å². The fraction of sp³-hybridized carbons (Fsp3) is 0.391. The molecule has 0 heterocycles. The van der Waals surface area contributed by atoms with Crippen LogP contribution < -0.4 is 10.1 Å². The third kappa shape index (κ3) is 6.41. The third-order valence-electron chi connectivity index (χ3n) is 4.75. The first kappa shape index (κ1) is 21.5. The molecule has 2 aromatic rings. The van der Waals surface area contributed by atoms with Crippen LogP contribution in [0.3, 0.4) is 0 Å². The van der Waals surface area contributed by atoms with Gasteiger partial charge in [0.05, 0.1) is 0 Å². The Labute approximate surface area is 167 Å². The highest BCUT2D eigenvalue weighted by Gasteiger charge is 2.27. The van der Waals surface area contributed by atoms with Gasteiger partial charge in [-0.2, -0.15) is 0 Å². The van der Waals surface area contributed by atoms with E-state index in [9.17, 15) is 9.59 Å². The number of rotatable bonds is 9. The van der Waals surface area contributed by atoms with E-state index in [1.807, 2.05) is 63.2 Å². The first-order valence-corrected chi connectivity index (χ1v) is 9.74. The Morgan fingerprint density at radius 2 is 1.68 bits per heavy atom. The average Bonchev–Trinajstić information content (AvgIpc) is 2.71. The van der Waals surface area contributed by atoms with E-state index in [4.69, 9.17) is 4.74 Å². The molecule has 0 aliphatic carbocycles. The van der Waals surface area contributed by atoms with Gasteiger partial charge in [0, 0.05) is 12.6 Å². The molecule has 2 rings (SSSR count). The number of para-hydroxylation sites is 1. The lowest BCUT2D eigenvalue weighted by molar-refractivity contribution is -0.142. The van der Waals surface area contributed by atoms with E-state index in [1.54, 1.807) is 24.0 Å². The van der Waals surface area contributed by atoms with Gasteiger partial charge in [0.1, 0.15) is 11.8 Å². The average molecular weight is 383 g/mol. The van der Waals surface area contributed by atoms with Crippen molar-refractivity contribution in [3.05, 3.63) is 65.7 Å². The molecule has 0 saturated heterocycles. The highest BCUT2D eigenvalue weighted by Crippen LogP contribution is 2.13. The topological polar surface area (TPSA) is 58.6 Å². The molecule has 0 fully saturated rings. The summed E-state index contributed by atoms with van der Waals surface area (Å²) >= 11 is 0. The fourth-order valence-corrected chi connectivity index (χ4v) is 2.68. The standard InChI is InChI=1S/C23H30N2O3/c1-5-18(3)24-23(27)19(4)25(15-20-13-11-17(2)12-14-20)22(26)16-28-21-9-7-6-8-10-21/h6-14,18-19H,5,15-16H2,1-4H3,(H,24,27). The molecule has 0 bridgehead atoms. The van der Waals surface area contributed by atoms with Crippen LogP contribution in [0.15, 0.2) is 54.6 Å². The van der Waals surface area contributed by atoms with Gasteiger partial charge in [0.2, 0.25) is 5.91 Å². The minimum atomic E-state index is -0.595. The molecule has 0 aliphatic rings. The van der Waals surface area contributed by atoms with Crippen molar-refractivity contribution >= 4 is 11.8 Å². The Balaban J connectivity index is 2.12. The molecule has 28 heavy (non-hydrogen) atoms. The van der Waals surface area contributed by atoms with Gasteiger partial charge in [-0.05, 0) is 44.9 Å². The van der Waals surface area contributed by atoms with Crippen molar-refractivity contribution in [3.8, 4) is 5.75 Å². The van der Waals surface area contributed by atoms with Gasteiger partial charge in [-0.25, -0.2) is 0 Å². The zero-order chi connectivity index (χ0) is 20.5. The monoisotopic (exact) mass is 382 g/mol. The molecule has 2 aromatic carbocycles. The summed E-state index contributed by atoms with van der Waals surface area (Å²) in [5.41, 5.74) is 2.12. The number of hydrogen-bond acceptors (Lipinski definition) is 3. The van der Waals surface area contributed by atoms with Crippen molar-refractivity contribution < 1.29 is 14.3 Å². The van der Waals surface area contributed by atoms with Crippen LogP contribution in [0.2, 0.25) is 0 Å². The molecule has 2 atom stereocenters. The second-order valence-electron chi connectivity index (χ2n) is 7.10. The first-order chi connectivity index (χ1) is 13.4. The SMILES string of the molecule is CCC(C)NC(=O)C(C)N(Cc1ccc(C)cc1)C(=O)COc1ccccc1. The predicted octanol–water partition coefficient (Wildman–Crippen LogP) is 3.71. The highest BCUT2D eigenvalue weighted by molar-refractivity contribution is 5.88. The molecule has 5 heteroatoms. The molecule has 0 aromatic heterocycles. The maximum Gasteiger partial charge on any atom is 0.261 e. The van der Waals surface area contributed by atoms with Gasteiger partial charge in [-0.1, -0.05) is 55.0 Å². The van der Waals surface area contributed by atoms with Crippen LogP contribution in [-0.4, -0.2) is 35.4 Å². The summed E-state index contributed by atoms with van der Waals surface area (Å²) in [5, 5.41) is 2.96. The number of nitrogens with one attached hydrogen (secondary N) is 1. The normalized spacial score (nSPS) is 12.7. The van der Waals surface area contributed by atoms with Gasteiger partial charge in [-0.3, -0.25) is 9.59 Å². The van der Waals surface area contributed by atoms with Crippen molar-refractivity contribution in [1.82, 2.24) is 10.2 Å². The maximum absolute atomic E-state index is 12.9. The van der Waals surface area contributed by atoms with Crippen molar-refractivity contribution in [2.45, 2.75) is 52.7 Å². The second kappa shape index (κ2) is 10.5. The van der Waals surface area contributed by atoms with Crippen LogP contribution in [0.25, 0.3) is 0 Å². The Bertz CT molecular complexity index is 759. The summed E-state index contributed by atoms with van der Waals surface area (Å²) in [6.07, 6.45) is 0.835. The van der Waals surface area contributed by atoms with E-state index in [-0.39, 0.29) is 24.5 Å². The molecule has 1 N–H and O–H groups in total. The molecular weight excluding hydrogens is 352 g/mol. The molecule has 0 radical (unpaired) electrons. The quantitative estimate of drug-likeness (QED) is 0.719. The molecule has 0 saturated carbocycles. The van der Waals surface area contributed by atoms with Crippen molar-refractivity contribution in [2.24, 2.45) is 0 Å². The zero-order valence-electron chi connectivity index (χ0n) is 17.1. The number of benzene rings is 2. The van der Waals surface area contributed by atoms with E-state index in [0.29, 0.717) is 12.3 Å². The van der Waals surface area contributed by atoms with Gasteiger partial charge < -0.3 is 15.0 Å². The number of aryl methyl sites for hydroxylation is 1. The second-order valence-corrected chi connectivity index (χ2v) is 7.10. The van der Waals surface area contributed by atoms with Gasteiger partial charge in [0.15, 0.2) is 6.61 Å². The van der Waals surface area contributed by atoms with E-state index >= 15 is 0 Å². The molecule has 150 valence electrons. The molecular formula is C23H30N2O3. The van der Waals surface area contributed by atoms with Gasteiger partial charge in [-0.15, -0.1) is 0 Å². The van der Waals surface area contributed by atoms with E-state index in [1.165, 1.54) is 0 Å². The van der Waals surface area contributed by atoms with Crippen LogP contribution in [0.1, 0.15) is 38.3 Å². The van der Waals surface area contributed by atoms with Crippen LogP contribution in [0.5, 0.6) is 5.75 Å². The molecule has 0 aliphatic heterocycles. The summed E-state index contributed by atoms with van der Waals surface area (Å²) in [7, 11) is 0. The Morgan fingerprint density at radius 3 is 2.29 bits per heavy atom. The van der Waals surface area contributed by atoms with E-state index < -0.39 is 6.04 Å². The number of hydrogen-bond donors (Lipinski definition) is 1. The van der Waals surface area contributed by atoms with Crippen LogP contribution in [0, 0.1) is 6.92 Å². The van der Waals surface area contributed by atoms with Crippen molar-refractivity contribution in [1.29, 1.82) is 0 Å². The largest absolute Gasteiger partial charge is 0.484 e. The summed E-state index contributed by atoms with van der Waals surface area (Å²) in [6, 6.07) is 16.6. The van der Waals surface area contributed by atoms with Crippen molar-refractivity contribution in [2.75, 3.05) is 6.61 Å². The number of carbonyl (C=O) groups is 2. The number of ether oxygens (including phenoxy) is 1. The van der Waals surface area contributed by atoms with Crippen LogP contribution >= 0.6 is 0 Å². The maximum atomic E-state index is 12.9. The molecule has 0 spiro atoms. The molecule has 2 unspecified atom stereocenters. The van der Waals surface area contributed by atoms with Crippen LogP contribution in [0.4, 0.5) is 0 Å². The number of nitrogens with zero attached hydrogens (tertiary/aromatic N) is 1. The van der Waals surface area contributed by atoms with E-state index in [0.717, 1.165) is 17.5 Å². The third-order valence-corrected chi connectivity index (χ3v) is 4.75. The zero-order valence-corrected chi connectivity index (χ0v) is 17.1. The summed E-state index contributed by atoms with van der Waals surface area (Å²) < 4.78 is 5.61. The lowest BCUT2D eigenvalue weighted by Crippen LogP contribution is -2.50. The highest BCUT2D eigenvalue weighted by atomic mass is 16.5. The summed E-state index contributed by atoms with van der Waals surface area (Å²) in [5.74, 6) is 0.244. The Hall–Kier alpha value is -2.82. The Morgan fingerprint density at radius 1 is 1.04 bits per heavy atom. The molecule has 5 nitrogen and oxygen atoms in total. The molecule has 2 amide bonds. The van der Waals surface area contributed by atoms with Gasteiger partial charge >= 0.3 is 0 Å². The minimum absolute atomic E-state index is 0.0619. The Kier molecular flexibility index (Phi) is 8.05. The summed E-state index contributed by atoms with van der Waals surface area (Å²) in [6.45, 7) is 7.98. The summed E-state index contributed by atoms with van der Waals surface area (Å²) in [4.78, 5) is 27.1. The lowest BCUT2D eigenvalue weighted by atomic mass is 10.1. The van der Waals surface area contributed by atoms with Gasteiger partial charge in [0.25, 0.3) is 5.91 Å². The first-order valence-electron chi connectivity index (χ1n) is 9.74. The van der Waals surface area contributed by atoms with Crippen molar-refractivity contribution in [3.63, 3.8) is 0 Å². The lowest BCUT2D eigenvalue weighted by Gasteiger charge is -2.29. The number of carbonyl (C=O) groups excluding carboxylic acids is 2.